The summed E-state index contributed by atoms with van der Waals surface area (Å²) < 4.78 is 8.92. The van der Waals surface area contributed by atoms with Crippen LogP contribution in [0.4, 0.5) is 0 Å². The number of hydrogen-bond donors (Lipinski definition) is 0. The maximum Gasteiger partial charge on any atom is 0.264 e. The molecule has 30 heavy (non-hydrogen) atoms. The standard InChI is InChI=1S/C23H17ClN4O2/c1-2-30-21-8-3-16-14-20(15-10-12-27-19(13-15)9-11-25-27)23(29)28(22(16)26-21)18-6-4-17(24)5-7-18/h3-14H,2H2,1H3. The Balaban J connectivity index is 1.82. The molecule has 5 aromatic rings. The molecule has 1 aromatic carbocycles. The van der Waals surface area contributed by atoms with E-state index >= 15 is 0 Å². The second kappa shape index (κ2) is 7.31. The number of halogens is 1. The maximum absolute atomic E-state index is 13.6. The lowest BCUT2D eigenvalue weighted by Crippen LogP contribution is -2.21. The number of fused-ring (bicyclic) bond motifs is 2. The van der Waals surface area contributed by atoms with Gasteiger partial charge in [-0.2, -0.15) is 10.1 Å². The molecule has 0 bridgehead atoms. The molecule has 0 unspecified atom stereocenters. The Morgan fingerprint density at radius 1 is 1.03 bits per heavy atom. The molecule has 0 fully saturated rings. The van der Waals surface area contributed by atoms with Gasteiger partial charge in [0.2, 0.25) is 5.88 Å². The van der Waals surface area contributed by atoms with Crippen molar-refractivity contribution in [2.75, 3.05) is 6.61 Å². The van der Waals surface area contributed by atoms with Gasteiger partial charge in [-0.05, 0) is 67.1 Å². The van der Waals surface area contributed by atoms with Crippen LogP contribution in [-0.2, 0) is 0 Å². The molecule has 0 aliphatic heterocycles. The van der Waals surface area contributed by atoms with E-state index in [0.29, 0.717) is 34.4 Å². The van der Waals surface area contributed by atoms with Crippen LogP contribution < -0.4 is 10.3 Å². The van der Waals surface area contributed by atoms with Crippen molar-refractivity contribution in [2.45, 2.75) is 6.92 Å². The third kappa shape index (κ3) is 3.11. The summed E-state index contributed by atoms with van der Waals surface area (Å²) in [6.45, 7) is 2.39. The van der Waals surface area contributed by atoms with Gasteiger partial charge in [-0.15, -0.1) is 0 Å². The van der Waals surface area contributed by atoms with Crippen molar-refractivity contribution in [3.63, 3.8) is 0 Å². The average Bonchev–Trinajstić information content (AvgIpc) is 3.22. The minimum atomic E-state index is -0.171. The fourth-order valence-electron chi connectivity index (χ4n) is 3.52. The van der Waals surface area contributed by atoms with Crippen LogP contribution in [0.1, 0.15) is 6.92 Å². The fourth-order valence-corrected chi connectivity index (χ4v) is 3.65. The summed E-state index contributed by atoms with van der Waals surface area (Å²) in [5.74, 6) is 0.473. The molecule has 0 N–H and O–H groups in total. The molecule has 4 aromatic heterocycles. The predicted molar refractivity (Wildman–Crippen MR) is 118 cm³/mol. The highest BCUT2D eigenvalue weighted by molar-refractivity contribution is 6.30. The smallest absolute Gasteiger partial charge is 0.264 e. The Kier molecular flexibility index (Phi) is 4.48. The van der Waals surface area contributed by atoms with Gasteiger partial charge in [-0.1, -0.05) is 11.6 Å². The molecule has 0 atom stereocenters. The fraction of sp³-hybridized carbons (Fsp3) is 0.0870. The summed E-state index contributed by atoms with van der Waals surface area (Å²) in [7, 11) is 0. The number of aromatic nitrogens is 4. The van der Waals surface area contributed by atoms with Gasteiger partial charge in [0.25, 0.3) is 5.56 Å². The number of ether oxygens (including phenoxy) is 1. The number of benzene rings is 1. The zero-order valence-corrected chi connectivity index (χ0v) is 16.9. The number of rotatable bonds is 4. The van der Waals surface area contributed by atoms with E-state index in [4.69, 9.17) is 16.3 Å². The summed E-state index contributed by atoms with van der Waals surface area (Å²) in [6.07, 6.45) is 3.57. The zero-order chi connectivity index (χ0) is 20.7. The van der Waals surface area contributed by atoms with E-state index in [-0.39, 0.29) is 5.56 Å². The predicted octanol–water partition coefficient (Wildman–Crippen LogP) is 4.75. The highest BCUT2D eigenvalue weighted by Crippen LogP contribution is 2.25. The van der Waals surface area contributed by atoms with Gasteiger partial charge in [-0.3, -0.25) is 9.36 Å². The molecule has 5 rings (SSSR count). The van der Waals surface area contributed by atoms with Crippen molar-refractivity contribution >= 4 is 28.2 Å². The molecule has 0 saturated heterocycles. The van der Waals surface area contributed by atoms with Crippen molar-refractivity contribution in [3.05, 3.63) is 88.4 Å². The lowest BCUT2D eigenvalue weighted by Gasteiger charge is -2.14. The van der Waals surface area contributed by atoms with Crippen LogP contribution in [0.15, 0.2) is 77.9 Å². The molecule has 0 spiro atoms. The van der Waals surface area contributed by atoms with E-state index < -0.39 is 0 Å². The van der Waals surface area contributed by atoms with Gasteiger partial charge in [0.1, 0.15) is 0 Å². The van der Waals surface area contributed by atoms with Crippen molar-refractivity contribution in [1.29, 1.82) is 0 Å². The van der Waals surface area contributed by atoms with Gasteiger partial charge >= 0.3 is 0 Å². The van der Waals surface area contributed by atoms with Gasteiger partial charge in [0.05, 0.1) is 17.8 Å². The number of hydrogen-bond acceptors (Lipinski definition) is 4. The van der Waals surface area contributed by atoms with E-state index in [2.05, 4.69) is 10.1 Å². The molecule has 7 heteroatoms. The normalized spacial score (nSPS) is 11.3. The van der Waals surface area contributed by atoms with Crippen LogP contribution in [0.2, 0.25) is 5.02 Å². The highest BCUT2D eigenvalue weighted by atomic mass is 35.5. The van der Waals surface area contributed by atoms with E-state index in [9.17, 15) is 4.79 Å². The van der Waals surface area contributed by atoms with Gasteiger partial charge < -0.3 is 4.74 Å². The molecule has 4 heterocycles. The molecule has 0 saturated carbocycles. The third-order valence-corrected chi connectivity index (χ3v) is 5.16. The molecule has 0 amide bonds. The van der Waals surface area contributed by atoms with Gasteiger partial charge in [-0.25, -0.2) is 4.52 Å². The Labute approximate surface area is 176 Å². The third-order valence-electron chi connectivity index (χ3n) is 4.91. The van der Waals surface area contributed by atoms with E-state index in [0.717, 1.165) is 16.5 Å². The largest absolute Gasteiger partial charge is 0.478 e. The second-order valence-electron chi connectivity index (χ2n) is 6.79. The average molecular weight is 417 g/mol. The van der Waals surface area contributed by atoms with Crippen LogP contribution in [0, 0.1) is 0 Å². The lowest BCUT2D eigenvalue weighted by molar-refractivity contribution is 0.328. The van der Waals surface area contributed by atoms with Crippen molar-refractivity contribution in [2.24, 2.45) is 0 Å². The summed E-state index contributed by atoms with van der Waals surface area (Å²) in [6, 6.07) is 18.5. The summed E-state index contributed by atoms with van der Waals surface area (Å²) >= 11 is 6.06. The molecule has 6 nitrogen and oxygen atoms in total. The van der Waals surface area contributed by atoms with Crippen molar-refractivity contribution < 1.29 is 4.74 Å². The molecule has 148 valence electrons. The zero-order valence-electron chi connectivity index (χ0n) is 16.1. The van der Waals surface area contributed by atoms with Gasteiger partial charge in [0, 0.05) is 34.4 Å². The Morgan fingerprint density at radius 2 is 1.87 bits per heavy atom. The minimum Gasteiger partial charge on any atom is -0.478 e. The number of pyridine rings is 3. The Bertz CT molecular complexity index is 1440. The van der Waals surface area contributed by atoms with Crippen LogP contribution >= 0.6 is 11.6 Å². The van der Waals surface area contributed by atoms with Gasteiger partial charge in [0.15, 0.2) is 5.65 Å². The molecule has 0 radical (unpaired) electrons. The monoisotopic (exact) mass is 416 g/mol. The lowest BCUT2D eigenvalue weighted by atomic mass is 10.1. The molecular weight excluding hydrogens is 400 g/mol. The summed E-state index contributed by atoms with van der Waals surface area (Å²) in [5, 5.41) is 5.65. The molecule has 0 aliphatic carbocycles. The number of nitrogens with zero attached hydrogens (tertiary/aromatic N) is 4. The van der Waals surface area contributed by atoms with E-state index in [1.165, 1.54) is 0 Å². The highest BCUT2D eigenvalue weighted by Gasteiger charge is 2.15. The first-order valence-corrected chi connectivity index (χ1v) is 9.91. The SMILES string of the molecule is CCOc1ccc2cc(-c3ccn4nccc4c3)c(=O)n(-c3ccc(Cl)cc3)c2n1. The van der Waals surface area contributed by atoms with Crippen LogP contribution in [-0.4, -0.2) is 25.8 Å². The Morgan fingerprint density at radius 3 is 2.67 bits per heavy atom. The first-order chi connectivity index (χ1) is 14.6. The Hall–Kier alpha value is -3.64. The maximum atomic E-state index is 13.6. The quantitative estimate of drug-likeness (QED) is 0.424. The van der Waals surface area contributed by atoms with E-state index in [1.807, 2.05) is 61.7 Å². The summed E-state index contributed by atoms with van der Waals surface area (Å²) in [4.78, 5) is 18.2. The van der Waals surface area contributed by atoms with Crippen molar-refractivity contribution in [3.8, 4) is 22.7 Å². The molecule has 0 aliphatic rings. The van der Waals surface area contributed by atoms with E-state index in [1.54, 1.807) is 27.4 Å². The minimum absolute atomic E-state index is 0.171. The van der Waals surface area contributed by atoms with Crippen molar-refractivity contribution in [1.82, 2.24) is 19.2 Å². The van der Waals surface area contributed by atoms with Crippen LogP contribution in [0.5, 0.6) is 5.88 Å². The topological polar surface area (TPSA) is 61.4 Å². The first-order valence-electron chi connectivity index (χ1n) is 9.53. The second-order valence-corrected chi connectivity index (χ2v) is 7.22. The first kappa shape index (κ1) is 18.4. The van der Waals surface area contributed by atoms with Crippen LogP contribution in [0.25, 0.3) is 33.4 Å². The summed E-state index contributed by atoms with van der Waals surface area (Å²) in [5.41, 5.74) is 3.34. The van der Waals surface area contributed by atoms with Crippen LogP contribution in [0.3, 0.4) is 0 Å². The molecular formula is C23H17ClN4O2.